The molecule has 0 aliphatic heterocycles. The fraction of sp³-hybridized carbons (Fsp3) is 0.344. The Kier molecular flexibility index (Phi) is 12.5. The van der Waals surface area contributed by atoms with Crippen LogP contribution in [0.2, 0.25) is 0 Å². The third-order valence-electron chi connectivity index (χ3n) is 6.74. The van der Waals surface area contributed by atoms with Crippen LogP contribution < -0.4 is 39.8 Å². The summed E-state index contributed by atoms with van der Waals surface area (Å²) in [6.07, 6.45) is 1.16. The van der Waals surface area contributed by atoms with E-state index in [1.807, 2.05) is 36.4 Å². The molecule has 0 atom stereocenters. The number of hydrogen-bond acceptors (Lipinski definition) is 8. The van der Waals surface area contributed by atoms with E-state index in [9.17, 15) is 14.4 Å². The van der Waals surface area contributed by atoms with Crippen molar-refractivity contribution in [3.05, 3.63) is 77.4 Å². The van der Waals surface area contributed by atoms with Crippen molar-refractivity contribution < 1.29 is 33.3 Å². The van der Waals surface area contributed by atoms with E-state index >= 15 is 0 Å². The van der Waals surface area contributed by atoms with Crippen LogP contribution in [0.25, 0.3) is 0 Å². The third-order valence-corrected chi connectivity index (χ3v) is 6.74. The zero-order valence-electron chi connectivity index (χ0n) is 25.3. The van der Waals surface area contributed by atoms with Crippen molar-refractivity contribution in [1.82, 2.24) is 16.0 Å². The summed E-state index contributed by atoms with van der Waals surface area (Å²) in [5.41, 5.74) is 2.95. The molecule has 0 fully saturated rings. The molecule has 0 saturated heterocycles. The molecular formula is C32H40N4O7. The van der Waals surface area contributed by atoms with Crippen molar-refractivity contribution in [2.75, 3.05) is 66.6 Å². The number of carbonyl (C=O) groups is 3. The summed E-state index contributed by atoms with van der Waals surface area (Å²) < 4.78 is 21.3. The van der Waals surface area contributed by atoms with Gasteiger partial charge in [0.05, 0.1) is 41.5 Å². The van der Waals surface area contributed by atoms with Crippen molar-refractivity contribution >= 4 is 23.4 Å². The fourth-order valence-corrected chi connectivity index (χ4v) is 4.45. The summed E-state index contributed by atoms with van der Waals surface area (Å²) in [4.78, 5) is 39.8. The van der Waals surface area contributed by atoms with Gasteiger partial charge in [0.2, 0.25) is 11.8 Å². The fourth-order valence-electron chi connectivity index (χ4n) is 4.45. The minimum Gasteiger partial charge on any atom is -0.493 e. The lowest BCUT2D eigenvalue weighted by atomic mass is 10.1. The molecule has 3 amide bonds. The molecule has 0 saturated carbocycles. The van der Waals surface area contributed by atoms with Crippen LogP contribution in [0, 0.1) is 0 Å². The van der Waals surface area contributed by atoms with Gasteiger partial charge in [0.15, 0.2) is 23.0 Å². The molecule has 43 heavy (non-hydrogen) atoms. The second-order valence-electron chi connectivity index (χ2n) is 9.56. The molecule has 0 spiro atoms. The second kappa shape index (κ2) is 16.5. The number of carbonyl (C=O) groups excluding carboxylic acids is 3. The van der Waals surface area contributed by atoms with Crippen molar-refractivity contribution in [1.29, 1.82) is 0 Å². The number of methoxy groups -OCH3 is 4. The highest BCUT2D eigenvalue weighted by atomic mass is 16.5. The molecule has 3 aromatic carbocycles. The molecule has 3 N–H and O–H groups in total. The van der Waals surface area contributed by atoms with Crippen molar-refractivity contribution in [2.45, 2.75) is 12.8 Å². The first-order valence-electron chi connectivity index (χ1n) is 13.8. The van der Waals surface area contributed by atoms with Crippen LogP contribution >= 0.6 is 0 Å². The molecule has 0 aliphatic rings. The molecule has 3 rings (SSSR count). The van der Waals surface area contributed by atoms with Gasteiger partial charge in [0, 0.05) is 31.4 Å². The number of amides is 3. The van der Waals surface area contributed by atoms with E-state index in [4.69, 9.17) is 18.9 Å². The number of hydrogen-bond donors (Lipinski definition) is 3. The Bertz CT molecular complexity index is 1320. The quantitative estimate of drug-likeness (QED) is 0.232. The monoisotopic (exact) mass is 592 g/mol. The highest BCUT2D eigenvalue weighted by Gasteiger charge is 2.17. The number of ether oxygens (including phenoxy) is 4. The van der Waals surface area contributed by atoms with Gasteiger partial charge in [-0.05, 0) is 66.4 Å². The summed E-state index contributed by atoms with van der Waals surface area (Å²) in [6, 6.07) is 18.0. The van der Waals surface area contributed by atoms with Gasteiger partial charge >= 0.3 is 0 Å². The Hall–Kier alpha value is -4.93. The maximum atomic E-state index is 13.0. The summed E-state index contributed by atoms with van der Waals surface area (Å²) in [6.45, 7) is 0.619. The Morgan fingerprint density at radius 1 is 0.651 bits per heavy atom. The van der Waals surface area contributed by atoms with Gasteiger partial charge in [-0.2, -0.15) is 0 Å². The van der Waals surface area contributed by atoms with Crippen LogP contribution in [0.15, 0.2) is 60.7 Å². The van der Waals surface area contributed by atoms with Crippen molar-refractivity contribution in [2.24, 2.45) is 0 Å². The zero-order valence-corrected chi connectivity index (χ0v) is 25.3. The number of nitrogens with one attached hydrogen (secondary N) is 3. The molecule has 0 radical (unpaired) electrons. The summed E-state index contributed by atoms with van der Waals surface area (Å²) in [5, 5.41) is 8.43. The Morgan fingerprint density at radius 2 is 1.14 bits per heavy atom. The van der Waals surface area contributed by atoms with Gasteiger partial charge < -0.3 is 39.8 Å². The van der Waals surface area contributed by atoms with Crippen molar-refractivity contribution in [3.8, 4) is 23.0 Å². The minimum atomic E-state index is -0.263. The molecule has 0 aliphatic carbocycles. The van der Waals surface area contributed by atoms with E-state index in [0.717, 1.165) is 11.1 Å². The maximum Gasteiger partial charge on any atom is 0.251 e. The lowest BCUT2D eigenvalue weighted by Crippen LogP contribution is -2.43. The normalized spacial score (nSPS) is 10.3. The van der Waals surface area contributed by atoms with E-state index in [2.05, 4.69) is 16.0 Å². The lowest BCUT2D eigenvalue weighted by Gasteiger charge is -2.24. The molecule has 0 heterocycles. The summed E-state index contributed by atoms with van der Waals surface area (Å²) >= 11 is 0. The molecule has 0 unspecified atom stereocenters. The minimum absolute atomic E-state index is 0.0772. The highest BCUT2D eigenvalue weighted by Crippen LogP contribution is 2.28. The molecular weight excluding hydrogens is 552 g/mol. The Balaban J connectivity index is 1.63. The zero-order chi connectivity index (χ0) is 31.2. The van der Waals surface area contributed by atoms with Crippen LogP contribution in [-0.4, -0.2) is 79.4 Å². The van der Waals surface area contributed by atoms with E-state index < -0.39 is 0 Å². The predicted octanol–water partition coefficient (Wildman–Crippen LogP) is 2.60. The van der Waals surface area contributed by atoms with Gasteiger partial charge in [0.1, 0.15) is 0 Å². The van der Waals surface area contributed by atoms with Crippen LogP contribution in [-0.2, 0) is 22.4 Å². The number of nitrogens with zero attached hydrogens (tertiary/aromatic N) is 1. The molecule has 230 valence electrons. The van der Waals surface area contributed by atoms with E-state index in [1.54, 1.807) is 64.7 Å². The number of anilines is 1. The number of benzene rings is 3. The first-order valence-corrected chi connectivity index (χ1v) is 13.8. The topological polar surface area (TPSA) is 127 Å². The van der Waals surface area contributed by atoms with Gasteiger partial charge in [-0.15, -0.1) is 0 Å². The SMILES string of the molecule is CNC(=O)c1cccc(N(CC(=O)NCCc2ccc(OC)c(OC)c2)CC(=O)NCCc2ccc(OC)c(OC)c2)c1. The predicted molar refractivity (Wildman–Crippen MR) is 165 cm³/mol. The first kappa shape index (κ1) is 32.6. The van der Waals surface area contributed by atoms with Gasteiger partial charge in [-0.1, -0.05) is 18.2 Å². The smallest absolute Gasteiger partial charge is 0.251 e. The average molecular weight is 593 g/mol. The second-order valence-corrected chi connectivity index (χ2v) is 9.56. The molecule has 0 bridgehead atoms. The summed E-state index contributed by atoms with van der Waals surface area (Å²) in [7, 11) is 7.84. The molecule has 3 aromatic rings. The summed E-state index contributed by atoms with van der Waals surface area (Å²) in [5.74, 6) is 1.71. The van der Waals surface area contributed by atoms with E-state index in [0.29, 0.717) is 60.2 Å². The van der Waals surface area contributed by atoms with Gasteiger partial charge in [-0.3, -0.25) is 14.4 Å². The largest absolute Gasteiger partial charge is 0.493 e. The third kappa shape index (κ3) is 9.56. The van der Waals surface area contributed by atoms with Crippen LogP contribution in [0.3, 0.4) is 0 Å². The first-order chi connectivity index (χ1) is 20.8. The highest BCUT2D eigenvalue weighted by molar-refractivity contribution is 5.95. The lowest BCUT2D eigenvalue weighted by molar-refractivity contribution is -0.120. The molecule has 11 nitrogen and oxygen atoms in total. The molecule has 0 aromatic heterocycles. The van der Waals surface area contributed by atoms with Crippen LogP contribution in [0.5, 0.6) is 23.0 Å². The van der Waals surface area contributed by atoms with Gasteiger partial charge in [-0.25, -0.2) is 0 Å². The van der Waals surface area contributed by atoms with Crippen LogP contribution in [0.4, 0.5) is 5.69 Å². The van der Waals surface area contributed by atoms with Gasteiger partial charge in [0.25, 0.3) is 5.91 Å². The Labute approximate surface area is 252 Å². The van der Waals surface area contributed by atoms with Crippen molar-refractivity contribution in [3.63, 3.8) is 0 Å². The average Bonchev–Trinajstić information content (AvgIpc) is 3.03. The number of rotatable bonds is 16. The standard InChI is InChI=1S/C32H40N4O7/c1-33-32(39)24-7-6-8-25(19-24)36(20-30(37)34-15-13-22-9-11-26(40-2)28(17-22)42-4)21-31(38)35-16-14-23-10-12-27(41-3)29(18-23)43-5/h6-12,17-19H,13-16,20-21H2,1-5H3,(H,33,39)(H,34,37)(H,35,38). The van der Waals surface area contributed by atoms with Crippen LogP contribution in [0.1, 0.15) is 21.5 Å². The van der Waals surface area contributed by atoms with E-state index in [-0.39, 0.29) is 30.8 Å². The molecule has 11 heteroatoms. The maximum absolute atomic E-state index is 13.0. The Morgan fingerprint density at radius 3 is 1.58 bits per heavy atom. The van der Waals surface area contributed by atoms with E-state index in [1.165, 1.54) is 0 Å².